The number of amides is 2. The van der Waals surface area contributed by atoms with E-state index in [4.69, 9.17) is 4.42 Å². The summed E-state index contributed by atoms with van der Waals surface area (Å²) in [6.45, 7) is 4.25. The van der Waals surface area contributed by atoms with E-state index in [2.05, 4.69) is 10.6 Å². The van der Waals surface area contributed by atoms with Gasteiger partial charge in [0.1, 0.15) is 5.76 Å². The third-order valence-electron chi connectivity index (χ3n) is 4.31. The van der Waals surface area contributed by atoms with E-state index in [9.17, 15) is 14.4 Å². The van der Waals surface area contributed by atoms with Crippen molar-refractivity contribution in [1.29, 1.82) is 0 Å². The summed E-state index contributed by atoms with van der Waals surface area (Å²) in [4.78, 5) is 35.8. The Kier molecular flexibility index (Phi) is 6.29. The van der Waals surface area contributed by atoms with Crippen LogP contribution in [-0.2, 0) is 17.9 Å². The molecule has 29 heavy (non-hydrogen) atoms. The van der Waals surface area contributed by atoms with Crippen LogP contribution in [0.1, 0.15) is 35.7 Å². The van der Waals surface area contributed by atoms with Crippen LogP contribution in [0.25, 0.3) is 0 Å². The molecule has 150 valence electrons. The van der Waals surface area contributed by atoms with Crippen LogP contribution in [0.5, 0.6) is 0 Å². The number of carbonyl (C=O) groups is 2. The minimum absolute atomic E-state index is 0.0440. The number of rotatable bonds is 7. The molecule has 0 unspecified atom stereocenters. The summed E-state index contributed by atoms with van der Waals surface area (Å²) in [5.41, 5.74) is 1.47. The third-order valence-corrected chi connectivity index (χ3v) is 4.31. The van der Waals surface area contributed by atoms with Gasteiger partial charge in [-0.3, -0.25) is 14.4 Å². The lowest BCUT2D eigenvalue weighted by Gasteiger charge is -2.09. The molecule has 0 bridgehead atoms. The lowest BCUT2D eigenvalue weighted by molar-refractivity contribution is -0.118. The van der Waals surface area contributed by atoms with Crippen molar-refractivity contribution in [3.8, 4) is 0 Å². The Morgan fingerprint density at radius 3 is 2.48 bits per heavy atom. The fraction of sp³-hybridized carbons (Fsp3) is 0.227. The van der Waals surface area contributed by atoms with Gasteiger partial charge in [0.25, 0.3) is 11.5 Å². The molecule has 1 aromatic carbocycles. The molecule has 0 radical (unpaired) electrons. The number of anilines is 1. The van der Waals surface area contributed by atoms with Gasteiger partial charge in [-0.15, -0.1) is 0 Å². The number of carbonyl (C=O) groups excluding carboxylic acids is 2. The highest BCUT2D eigenvalue weighted by Gasteiger charge is 2.12. The van der Waals surface area contributed by atoms with E-state index < -0.39 is 0 Å². The average Bonchev–Trinajstić information content (AvgIpc) is 3.17. The maximum atomic E-state index is 12.3. The predicted molar refractivity (Wildman–Crippen MR) is 110 cm³/mol. The second-order valence-corrected chi connectivity index (χ2v) is 6.96. The van der Waals surface area contributed by atoms with Crippen LogP contribution in [0.2, 0.25) is 0 Å². The SMILES string of the molecule is CC(C)C(=O)Nc1ccc(CNC(=O)c2ccc(Cn3ccccc3=O)o2)cc1. The number of nitrogens with zero attached hydrogens (tertiary/aromatic N) is 1. The molecule has 0 saturated heterocycles. The molecule has 0 aliphatic carbocycles. The van der Waals surface area contributed by atoms with Crippen LogP contribution >= 0.6 is 0 Å². The van der Waals surface area contributed by atoms with E-state index in [-0.39, 0.29) is 35.6 Å². The summed E-state index contributed by atoms with van der Waals surface area (Å²) >= 11 is 0. The molecule has 2 amide bonds. The lowest BCUT2D eigenvalue weighted by Crippen LogP contribution is -2.22. The van der Waals surface area contributed by atoms with Crippen LogP contribution in [-0.4, -0.2) is 16.4 Å². The molecular formula is C22H23N3O4. The van der Waals surface area contributed by atoms with Crippen molar-refractivity contribution >= 4 is 17.5 Å². The first-order valence-corrected chi connectivity index (χ1v) is 9.34. The molecule has 2 aromatic heterocycles. The molecule has 2 N–H and O–H groups in total. The molecule has 7 heteroatoms. The van der Waals surface area contributed by atoms with Crippen molar-refractivity contribution in [2.75, 3.05) is 5.32 Å². The second kappa shape index (κ2) is 9.05. The van der Waals surface area contributed by atoms with Crippen molar-refractivity contribution in [1.82, 2.24) is 9.88 Å². The van der Waals surface area contributed by atoms with Gasteiger partial charge in [0.15, 0.2) is 5.76 Å². The molecule has 0 spiro atoms. The standard InChI is InChI=1S/C22H23N3O4/c1-15(2)21(27)24-17-8-6-16(7-9-17)13-23-22(28)19-11-10-18(29-19)14-25-12-4-3-5-20(25)26/h3-12,15H,13-14H2,1-2H3,(H,23,28)(H,24,27). The molecule has 2 heterocycles. The summed E-state index contributed by atoms with van der Waals surface area (Å²) in [7, 11) is 0. The molecular weight excluding hydrogens is 370 g/mol. The minimum atomic E-state index is -0.339. The van der Waals surface area contributed by atoms with E-state index in [1.807, 2.05) is 26.0 Å². The fourth-order valence-corrected chi connectivity index (χ4v) is 2.61. The quantitative estimate of drug-likeness (QED) is 0.645. The van der Waals surface area contributed by atoms with Gasteiger partial charge in [0.05, 0.1) is 6.54 Å². The number of furan rings is 1. The van der Waals surface area contributed by atoms with E-state index in [0.29, 0.717) is 18.0 Å². The summed E-state index contributed by atoms with van der Waals surface area (Å²) in [6, 6.07) is 15.4. The van der Waals surface area contributed by atoms with Crippen molar-refractivity contribution in [3.63, 3.8) is 0 Å². The topological polar surface area (TPSA) is 93.3 Å². The smallest absolute Gasteiger partial charge is 0.287 e. The number of hydrogen-bond acceptors (Lipinski definition) is 4. The highest BCUT2D eigenvalue weighted by atomic mass is 16.4. The average molecular weight is 393 g/mol. The minimum Gasteiger partial charge on any atom is -0.454 e. The Morgan fingerprint density at radius 2 is 1.79 bits per heavy atom. The van der Waals surface area contributed by atoms with E-state index in [0.717, 1.165) is 5.56 Å². The second-order valence-electron chi connectivity index (χ2n) is 6.96. The van der Waals surface area contributed by atoms with Gasteiger partial charge in [0.2, 0.25) is 5.91 Å². The van der Waals surface area contributed by atoms with Crippen molar-refractivity contribution in [2.24, 2.45) is 5.92 Å². The molecule has 3 aromatic rings. The van der Waals surface area contributed by atoms with Gasteiger partial charge in [-0.25, -0.2) is 0 Å². The lowest BCUT2D eigenvalue weighted by atomic mass is 10.1. The fourth-order valence-electron chi connectivity index (χ4n) is 2.61. The predicted octanol–water partition coefficient (Wildman–Crippen LogP) is 3.01. The van der Waals surface area contributed by atoms with Crippen LogP contribution in [0.15, 0.2) is 70.0 Å². The molecule has 0 saturated carbocycles. The number of benzene rings is 1. The molecule has 0 aliphatic heterocycles. The Bertz CT molecular complexity index is 1050. The van der Waals surface area contributed by atoms with E-state index in [1.54, 1.807) is 42.6 Å². The summed E-state index contributed by atoms with van der Waals surface area (Å²) in [6.07, 6.45) is 1.66. The first kappa shape index (κ1) is 20.1. The van der Waals surface area contributed by atoms with Gasteiger partial charge in [-0.05, 0) is 35.9 Å². The molecule has 7 nitrogen and oxygen atoms in total. The maximum absolute atomic E-state index is 12.3. The van der Waals surface area contributed by atoms with Gasteiger partial charge < -0.3 is 19.6 Å². The molecule has 0 atom stereocenters. The normalized spacial score (nSPS) is 10.7. The Balaban J connectivity index is 1.54. The highest BCUT2D eigenvalue weighted by molar-refractivity contribution is 5.92. The Hall–Kier alpha value is -3.61. The van der Waals surface area contributed by atoms with Crippen LogP contribution in [0, 0.1) is 5.92 Å². The largest absolute Gasteiger partial charge is 0.454 e. The van der Waals surface area contributed by atoms with Gasteiger partial charge in [0, 0.05) is 30.4 Å². The van der Waals surface area contributed by atoms with E-state index in [1.165, 1.54) is 10.6 Å². The van der Waals surface area contributed by atoms with Crippen LogP contribution in [0.3, 0.4) is 0 Å². The number of pyridine rings is 1. The van der Waals surface area contributed by atoms with Gasteiger partial charge in [-0.1, -0.05) is 32.0 Å². The Morgan fingerprint density at radius 1 is 1.03 bits per heavy atom. The zero-order valence-electron chi connectivity index (χ0n) is 16.3. The molecule has 0 aliphatic rings. The number of aromatic nitrogens is 1. The summed E-state index contributed by atoms with van der Waals surface area (Å²) in [5, 5.41) is 5.61. The highest BCUT2D eigenvalue weighted by Crippen LogP contribution is 2.12. The van der Waals surface area contributed by atoms with E-state index >= 15 is 0 Å². The van der Waals surface area contributed by atoms with Crippen molar-refractivity contribution in [3.05, 3.63) is 88.2 Å². The third kappa shape index (κ3) is 5.44. The number of hydrogen-bond donors (Lipinski definition) is 2. The van der Waals surface area contributed by atoms with Crippen molar-refractivity contribution < 1.29 is 14.0 Å². The Labute approximate surface area is 168 Å². The summed E-state index contributed by atoms with van der Waals surface area (Å²) < 4.78 is 7.06. The van der Waals surface area contributed by atoms with Crippen LogP contribution in [0.4, 0.5) is 5.69 Å². The summed E-state index contributed by atoms with van der Waals surface area (Å²) in [5.74, 6) is 0.234. The molecule has 3 rings (SSSR count). The van der Waals surface area contributed by atoms with Crippen LogP contribution < -0.4 is 16.2 Å². The zero-order chi connectivity index (χ0) is 20.8. The first-order valence-electron chi connectivity index (χ1n) is 9.34. The molecule has 0 fully saturated rings. The van der Waals surface area contributed by atoms with Crippen molar-refractivity contribution in [2.45, 2.75) is 26.9 Å². The first-order chi connectivity index (χ1) is 13.9. The number of nitrogens with one attached hydrogen (secondary N) is 2. The maximum Gasteiger partial charge on any atom is 0.287 e. The van der Waals surface area contributed by atoms with Gasteiger partial charge >= 0.3 is 0 Å². The zero-order valence-corrected chi connectivity index (χ0v) is 16.3. The van der Waals surface area contributed by atoms with Gasteiger partial charge in [-0.2, -0.15) is 0 Å². The monoisotopic (exact) mass is 393 g/mol.